The van der Waals surface area contributed by atoms with Crippen LogP contribution in [0.1, 0.15) is 16.7 Å². The van der Waals surface area contributed by atoms with Crippen molar-refractivity contribution >= 4 is 35.6 Å². The monoisotopic (exact) mass is 410 g/mol. The summed E-state index contributed by atoms with van der Waals surface area (Å²) < 4.78 is 13.7. The fraction of sp³-hybridized carbons (Fsp3) is 0.125. The number of guanidine groups is 1. The highest BCUT2D eigenvalue weighted by atomic mass is 127. The van der Waals surface area contributed by atoms with E-state index in [4.69, 9.17) is 11.0 Å². The highest BCUT2D eigenvalue weighted by Gasteiger charge is 2.03. The van der Waals surface area contributed by atoms with E-state index in [-0.39, 0.29) is 42.0 Å². The SMILES string of the molecule is Cc1ccc(NC(N)=NCc2ccc(C#N)cc2F)cc1.I. The quantitative estimate of drug-likeness (QED) is 0.462. The van der Waals surface area contributed by atoms with Gasteiger partial charge in [0.25, 0.3) is 0 Å². The van der Waals surface area contributed by atoms with E-state index in [0.717, 1.165) is 11.3 Å². The number of nitrogens with zero attached hydrogens (tertiary/aromatic N) is 2. The molecule has 0 atom stereocenters. The molecule has 0 bridgehead atoms. The van der Waals surface area contributed by atoms with E-state index in [2.05, 4.69) is 10.3 Å². The molecule has 3 N–H and O–H groups in total. The lowest BCUT2D eigenvalue weighted by Crippen LogP contribution is -2.22. The molecule has 0 saturated heterocycles. The Bertz CT molecular complexity index is 705. The van der Waals surface area contributed by atoms with Gasteiger partial charge in [0.2, 0.25) is 0 Å². The van der Waals surface area contributed by atoms with Crippen LogP contribution >= 0.6 is 24.0 Å². The first-order chi connectivity index (χ1) is 10.1. The van der Waals surface area contributed by atoms with Crippen molar-refractivity contribution in [3.05, 3.63) is 65.0 Å². The van der Waals surface area contributed by atoms with Crippen molar-refractivity contribution < 1.29 is 4.39 Å². The van der Waals surface area contributed by atoms with Crippen molar-refractivity contribution in [1.82, 2.24) is 0 Å². The first kappa shape index (κ1) is 17.9. The van der Waals surface area contributed by atoms with Gasteiger partial charge in [-0.25, -0.2) is 9.38 Å². The van der Waals surface area contributed by atoms with Gasteiger partial charge in [-0.1, -0.05) is 23.8 Å². The molecule has 4 nitrogen and oxygen atoms in total. The van der Waals surface area contributed by atoms with Crippen molar-refractivity contribution in [3.8, 4) is 6.07 Å². The molecule has 0 aromatic heterocycles. The normalized spacial score (nSPS) is 10.5. The maximum atomic E-state index is 13.7. The number of nitrogens with two attached hydrogens (primary N) is 1. The number of hydrogen-bond donors (Lipinski definition) is 2. The molecule has 0 aliphatic rings. The van der Waals surface area contributed by atoms with Crippen LogP contribution in [0.2, 0.25) is 0 Å². The lowest BCUT2D eigenvalue weighted by Gasteiger charge is -2.06. The van der Waals surface area contributed by atoms with Crippen LogP contribution in [0.25, 0.3) is 0 Å². The number of hydrogen-bond acceptors (Lipinski definition) is 2. The summed E-state index contributed by atoms with van der Waals surface area (Å²) in [5, 5.41) is 11.6. The van der Waals surface area contributed by atoms with Crippen molar-refractivity contribution in [2.45, 2.75) is 13.5 Å². The van der Waals surface area contributed by atoms with Crippen molar-refractivity contribution in [3.63, 3.8) is 0 Å². The van der Waals surface area contributed by atoms with Gasteiger partial charge in [-0.3, -0.25) is 0 Å². The topological polar surface area (TPSA) is 74.2 Å². The van der Waals surface area contributed by atoms with Gasteiger partial charge in [-0.15, -0.1) is 24.0 Å². The molecule has 0 spiro atoms. The van der Waals surface area contributed by atoms with Crippen LogP contribution in [0.4, 0.5) is 10.1 Å². The summed E-state index contributed by atoms with van der Waals surface area (Å²) in [6, 6.07) is 13.9. The molecule has 0 heterocycles. The number of rotatable bonds is 3. The molecule has 0 unspecified atom stereocenters. The Morgan fingerprint density at radius 2 is 1.95 bits per heavy atom. The summed E-state index contributed by atoms with van der Waals surface area (Å²) in [7, 11) is 0. The molecular weight excluding hydrogens is 394 g/mol. The van der Waals surface area contributed by atoms with Crippen molar-refractivity contribution in [1.29, 1.82) is 5.26 Å². The van der Waals surface area contributed by atoms with E-state index in [1.807, 2.05) is 37.3 Å². The Hall–Kier alpha value is -2.14. The van der Waals surface area contributed by atoms with Gasteiger partial charge in [-0.2, -0.15) is 5.26 Å². The molecule has 0 aliphatic carbocycles. The summed E-state index contributed by atoms with van der Waals surface area (Å²) in [6.07, 6.45) is 0. The maximum absolute atomic E-state index is 13.7. The molecule has 2 aromatic rings. The summed E-state index contributed by atoms with van der Waals surface area (Å²) in [5.41, 5.74) is 8.41. The predicted octanol–water partition coefficient (Wildman–Crippen LogP) is 3.55. The zero-order valence-electron chi connectivity index (χ0n) is 12.0. The summed E-state index contributed by atoms with van der Waals surface area (Å²) in [5.74, 6) is -0.247. The predicted molar refractivity (Wildman–Crippen MR) is 96.7 cm³/mol. The minimum absolute atomic E-state index is 0. The summed E-state index contributed by atoms with van der Waals surface area (Å²) >= 11 is 0. The Morgan fingerprint density at radius 3 is 2.55 bits per heavy atom. The fourth-order valence-electron chi connectivity index (χ4n) is 1.74. The number of halogens is 2. The van der Waals surface area contributed by atoms with Crippen molar-refractivity contribution in [2.24, 2.45) is 10.7 Å². The number of nitrogens with one attached hydrogen (secondary N) is 1. The number of benzene rings is 2. The van der Waals surface area contributed by atoms with Gasteiger partial charge in [-0.05, 0) is 31.2 Å². The van der Waals surface area contributed by atoms with E-state index >= 15 is 0 Å². The number of aliphatic imine (C=N–C) groups is 1. The molecule has 6 heteroatoms. The smallest absolute Gasteiger partial charge is 0.193 e. The van der Waals surface area contributed by atoms with Gasteiger partial charge in [0, 0.05) is 11.3 Å². The van der Waals surface area contributed by atoms with E-state index in [1.165, 1.54) is 12.1 Å². The molecule has 0 amide bonds. The molecule has 0 fully saturated rings. The first-order valence-corrected chi connectivity index (χ1v) is 6.40. The van der Waals surface area contributed by atoms with E-state index < -0.39 is 5.82 Å². The van der Waals surface area contributed by atoms with Crippen LogP contribution < -0.4 is 11.1 Å². The van der Waals surface area contributed by atoms with Gasteiger partial charge >= 0.3 is 0 Å². The molecule has 0 aliphatic heterocycles. The second-order valence-corrected chi connectivity index (χ2v) is 4.61. The van der Waals surface area contributed by atoms with Gasteiger partial charge in [0.1, 0.15) is 5.82 Å². The van der Waals surface area contributed by atoms with Crippen LogP contribution in [0.3, 0.4) is 0 Å². The molecule has 114 valence electrons. The molecule has 0 saturated carbocycles. The molecule has 22 heavy (non-hydrogen) atoms. The Kier molecular flexibility index (Phi) is 6.79. The standard InChI is InChI=1S/C16H15FN4.HI/c1-11-2-6-14(7-3-11)21-16(19)20-10-13-5-4-12(9-18)8-15(13)17;/h2-8H,10H2,1H3,(H3,19,20,21);1H. The molecule has 2 aromatic carbocycles. The number of aryl methyl sites for hydroxylation is 1. The minimum Gasteiger partial charge on any atom is -0.370 e. The average Bonchev–Trinajstić information content (AvgIpc) is 2.48. The van der Waals surface area contributed by atoms with Crippen LogP contribution in [0, 0.1) is 24.1 Å². The zero-order valence-corrected chi connectivity index (χ0v) is 14.3. The maximum Gasteiger partial charge on any atom is 0.193 e. The lowest BCUT2D eigenvalue weighted by molar-refractivity contribution is 0.610. The van der Waals surface area contributed by atoms with Gasteiger partial charge in [0.15, 0.2) is 5.96 Å². The van der Waals surface area contributed by atoms with E-state index in [0.29, 0.717) is 5.56 Å². The fourth-order valence-corrected chi connectivity index (χ4v) is 1.74. The number of nitriles is 1. The average molecular weight is 410 g/mol. The third-order valence-electron chi connectivity index (χ3n) is 2.93. The van der Waals surface area contributed by atoms with Crippen LogP contribution in [0.15, 0.2) is 47.5 Å². The third kappa shape index (κ3) is 5.00. The highest BCUT2D eigenvalue weighted by Crippen LogP contribution is 2.12. The van der Waals surface area contributed by atoms with Gasteiger partial charge < -0.3 is 11.1 Å². The molecular formula is C16H16FIN4. The van der Waals surface area contributed by atoms with Crippen molar-refractivity contribution in [2.75, 3.05) is 5.32 Å². The Balaban J connectivity index is 0.00000242. The zero-order chi connectivity index (χ0) is 15.2. The van der Waals surface area contributed by atoms with Crippen LogP contribution in [-0.4, -0.2) is 5.96 Å². The summed E-state index contributed by atoms with van der Waals surface area (Å²) in [4.78, 5) is 4.09. The third-order valence-corrected chi connectivity index (χ3v) is 2.93. The summed E-state index contributed by atoms with van der Waals surface area (Å²) in [6.45, 7) is 2.11. The number of anilines is 1. The van der Waals surface area contributed by atoms with E-state index in [1.54, 1.807) is 6.07 Å². The van der Waals surface area contributed by atoms with Crippen LogP contribution in [-0.2, 0) is 6.54 Å². The second-order valence-electron chi connectivity index (χ2n) is 4.61. The lowest BCUT2D eigenvalue weighted by atomic mass is 10.1. The Morgan fingerprint density at radius 1 is 1.27 bits per heavy atom. The van der Waals surface area contributed by atoms with Crippen LogP contribution in [0.5, 0.6) is 0 Å². The Labute approximate surface area is 145 Å². The minimum atomic E-state index is -0.457. The molecule has 2 rings (SSSR count). The highest BCUT2D eigenvalue weighted by molar-refractivity contribution is 14.0. The first-order valence-electron chi connectivity index (χ1n) is 6.40. The largest absolute Gasteiger partial charge is 0.370 e. The van der Waals surface area contributed by atoms with Gasteiger partial charge in [0.05, 0.1) is 18.2 Å². The van der Waals surface area contributed by atoms with E-state index in [9.17, 15) is 4.39 Å². The molecule has 0 radical (unpaired) electrons. The second kappa shape index (κ2) is 8.34.